The third-order valence-electron chi connectivity index (χ3n) is 3.42. The van der Waals surface area contributed by atoms with E-state index in [1.807, 2.05) is 25.1 Å². The molecule has 23 heavy (non-hydrogen) atoms. The van der Waals surface area contributed by atoms with Gasteiger partial charge in [-0.25, -0.2) is 0 Å². The zero-order valence-electron chi connectivity index (χ0n) is 13.0. The maximum absolute atomic E-state index is 12.5. The molecule has 0 heterocycles. The Labute approximate surface area is 145 Å². The first-order chi connectivity index (χ1) is 11.0. The molecule has 0 aliphatic rings. The van der Waals surface area contributed by atoms with E-state index >= 15 is 0 Å². The lowest BCUT2D eigenvalue weighted by Crippen LogP contribution is -2.26. The predicted molar refractivity (Wildman–Crippen MR) is 91.9 cm³/mol. The molecule has 2 aromatic carbocycles. The van der Waals surface area contributed by atoms with Crippen LogP contribution < -0.4 is 14.8 Å². The SMILES string of the molecule is COc1cc(C(=O)NC(C)c2ccccc2Cl)cc(Cl)c1OC. The van der Waals surface area contributed by atoms with Gasteiger partial charge in [0.1, 0.15) is 0 Å². The number of halogens is 2. The summed E-state index contributed by atoms with van der Waals surface area (Å²) in [6, 6.07) is 10.2. The fourth-order valence-electron chi connectivity index (χ4n) is 2.23. The fourth-order valence-corrected chi connectivity index (χ4v) is 2.82. The molecule has 0 bridgehead atoms. The molecule has 0 saturated heterocycles. The van der Waals surface area contributed by atoms with Crippen LogP contribution in [0.25, 0.3) is 0 Å². The number of ether oxygens (including phenoxy) is 2. The van der Waals surface area contributed by atoms with Gasteiger partial charge in [-0.3, -0.25) is 4.79 Å². The van der Waals surface area contributed by atoms with Crippen LogP contribution in [0.1, 0.15) is 28.9 Å². The Balaban J connectivity index is 2.24. The summed E-state index contributed by atoms with van der Waals surface area (Å²) in [6.07, 6.45) is 0. The first-order valence-corrected chi connectivity index (χ1v) is 7.70. The molecule has 6 heteroatoms. The molecule has 0 spiro atoms. The van der Waals surface area contributed by atoms with E-state index in [4.69, 9.17) is 32.7 Å². The number of nitrogens with one attached hydrogen (secondary N) is 1. The van der Waals surface area contributed by atoms with Crippen molar-refractivity contribution in [2.45, 2.75) is 13.0 Å². The average Bonchev–Trinajstić information content (AvgIpc) is 2.54. The number of hydrogen-bond acceptors (Lipinski definition) is 3. The first-order valence-electron chi connectivity index (χ1n) is 6.94. The zero-order valence-corrected chi connectivity index (χ0v) is 14.5. The molecule has 1 unspecified atom stereocenters. The maximum Gasteiger partial charge on any atom is 0.251 e. The lowest BCUT2D eigenvalue weighted by Gasteiger charge is -2.17. The minimum absolute atomic E-state index is 0.247. The Morgan fingerprint density at radius 2 is 1.78 bits per heavy atom. The standard InChI is InChI=1S/C17H17Cl2NO3/c1-10(12-6-4-5-7-13(12)18)20-17(21)11-8-14(19)16(23-3)15(9-11)22-2/h4-10H,1-3H3,(H,20,21). The predicted octanol–water partition coefficient (Wildman–Crippen LogP) is 4.50. The van der Waals surface area contributed by atoms with E-state index in [1.165, 1.54) is 20.3 Å². The molecule has 1 atom stereocenters. The van der Waals surface area contributed by atoms with E-state index in [1.54, 1.807) is 12.1 Å². The minimum atomic E-state index is -0.278. The number of carbonyl (C=O) groups excluding carboxylic acids is 1. The van der Waals surface area contributed by atoms with Gasteiger partial charge in [-0.2, -0.15) is 0 Å². The molecule has 4 nitrogen and oxygen atoms in total. The van der Waals surface area contributed by atoms with Crippen molar-refractivity contribution in [1.29, 1.82) is 0 Å². The van der Waals surface area contributed by atoms with Crippen LogP contribution in [0.15, 0.2) is 36.4 Å². The molecule has 1 N–H and O–H groups in total. The third-order valence-corrected chi connectivity index (χ3v) is 4.04. The number of carbonyl (C=O) groups is 1. The Morgan fingerprint density at radius 3 is 2.39 bits per heavy atom. The van der Waals surface area contributed by atoms with Crippen LogP contribution in [0.4, 0.5) is 0 Å². The summed E-state index contributed by atoms with van der Waals surface area (Å²) < 4.78 is 10.4. The molecule has 2 aromatic rings. The van der Waals surface area contributed by atoms with Gasteiger partial charge >= 0.3 is 0 Å². The van der Waals surface area contributed by atoms with Crippen LogP contribution in [0.3, 0.4) is 0 Å². The molecular weight excluding hydrogens is 337 g/mol. The molecule has 2 rings (SSSR count). The van der Waals surface area contributed by atoms with Gasteiger partial charge < -0.3 is 14.8 Å². The second-order valence-electron chi connectivity index (χ2n) is 4.91. The van der Waals surface area contributed by atoms with Crippen molar-refractivity contribution < 1.29 is 14.3 Å². The van der Waals surface area contributed by atoms with Crippen molar-refractivity contribution in [3.05, 3.63) is 57.6 Å². The van der Waals surface area contributed by atoms with E-state index in [9.17, 15) is 4.79 Å². The molecule has 0 aliphatic heterocycles. The van der Waals surface area contributed by atoms with Crippen LogP contribution in [-0.2, 0) is 0 Å². The fraction of sp³-hybridized carbons (Fsp3) is 0.235. The van der Waals surface area contributed by atoms with Crippen molar-refractivity contribution in [3.63, 3.8) is 0 Å². The lowest BCUT2D eigenvalue weighted by molar-refractivity contribution is 0.0939. The summed E-state index contributed by atoms with van der Waals surface area (Å²) in [4.78, 5) is 12.5. The van der Waals surface area contributed by atoms with Crippen molar-refractivity contribution in [1.82, 2.24) is 5.32 Å². The minimum Gasteiger partial charge on any atom is -0.493 e. The van der Waals surface area contributed by atoms with Crippen molar-refractivity contribution in [3.8, 4) is 11.5 Å². The Hall–Kier alpha value is -1.91. The molecule has 0 saturated carbocycles. The van der Waals surface area contributed by atoms with Crippen LogP contribution >= 0.6 is 23.2 Å². The quantitative estimate of drug-likeness (QED) is 0.860. The van der Waals surface area contributed by atoms with Crippen LogP contribution in [-0.4, -0.2) is 20.1 Å². The van der Waals surface area contributed by atoms with Crippen molar-refractivity contribution in [2.75, 3.05) is 14.2 Å². The molecule has 0 aliphatic carbocycles. The summed E-state index contributed by atoms with van der Waals surface area (Å²) in [5, 5.41) is 3.80. The topological polar surface area (TPSA) is 47.6 Å². The maximum atomic E-state index is 12.5. The van der Waals surface area contributed by atoms with Gasteiger partial charge in [0.25, 0.3) is 5.91 Å². The highest BCUT2D eigenvalue weighted by molar-refractivity contribution is 6.32. The highest BCUT2D eigenvalue weighted by Crippen LogP contribution is 2.36. The summed E-state index contributed by atoms with van der Waals surface area (Å²) in [5.41, 5.74) is 1.22. The number of benzene rings is 2. The summed E-state index contributed by atoms with van der Waals surface area (Å²) in [5.74, 6) is 0.515. The van der Waals surface area contributed by atoms with Crippen molar-refractivity contribution >= 4 is 29.1 Å². The number of hydrogen-bond donors (Lipinski definition) is 1. The number of rotatable bonds is 5. The smallest absolute Gasteiger partial charge is 0.251 e. The van der Waals surface area contributed by atoms with Crippen molar-refractivity contribution in [2.24, 2.45) is 0 Å². The van der Waals surface area contributed by atoms with Gasteiger partial charge in [0.05, 0.1) is 25.3 Å². The van der Waals surface area contributed by atoms with Gasteiger partial charge in [0, 0.05) is 10.6 Å². The molecule has 122 valence electrons. The highest BCUT2D eigenvalue weighted by atomic mass is 35.5. The van der Waals surface area contributed by atoms with Gasteiger partial charge in [0.2, 0.25) is 0 Å². The second-order valence-corrected chi connectivity index (χ2v) is 5.72. The van der Waals surface area contributed by atoms with E-state index in [-0.39, 0.29) is 11.9 Å². The van der Waals surface area contributed by atoms with E-state index < -0.39 is 0 Å². The summed E-state index contributed by atoms with van der Waals surface area (Å²) in [7, 11) is 2.98. The molecular formula is C17H17Cl2NO3. The third kappa shape index (κ3) is 3.89. The van der Waals surface area contributed by atoms with Gasteiger partial charge in [-0.1, -0.05) is 41.4 Å². The highest BCUT2D eigenvalue weighted by Gasteiger charge is 2.18. The Kier molecular flexibility index (Phi) is 5.74. The van der Waals surface area contributed by atoms with Gasteiger partial charge in [-0.05, 0) is 30.7 Å². The normalized spacial score (nSPS) is 11.7. The Bertz CT molecular complexity index is 719. The lowest BCUT2D eigenvalue weighted by atomic mass is 10.1. The van der Waals surface area contributed by atoms with Crippen LogP contribution in [0.5, 0.6) is 11.5 Å². The van der Waals surface area contributed by atoms with Gasteiger partial charge in [-0.15, -0.1) is 0 Å². The largest absolute Gasteiger partial charge is 0.493 e. The molecule has 0 aromatic heterocycles. The monoisotopic (exact) mass is 353 g/mol. The number of methoxy groups -OCH3 is 2. The Morgan fingerprint density at radius 1 is 1.09 bits per heavy atom. The average molecular weight is 354 g/mol. The molecule has 1 amide bonds. The number of amides is 1. The van der Waals surface area contributed by atoms with E-state index in [0.717, 1.165) is 5.56 Å². The summed E-state index contributed by atoms with van der Waals surface area (Å²) >= 11 is 12.3. The van der Waals surface area contributed by atoms with Crippen LogP contribution in [0.2, 0.25) is 10.0 Å². The van der Waals surface area contributed by atoms with E-state index in [2.05, 4.69) is 5.32 Å². The zero-order chi connectivity index (χ0) is 17.0. The first kappa shape index (κ1) is 17.4. The van der Waals surface area contributed by atoms with E-state index in [0.29, 0.717) is 27.1 Å². The summed E-state index contributed by atoms with van der Waals surface area (Å²) in [6.45, 7) is 1.86. The molecule has 0 fully saturated rings. The van der Waals surface area contributed by atoms with Crippen LogP contribution in [0, 0.1) is 0 Å². The second kappa shape index (κ2) is 7.57. The van der Waals surface area contributed by atoms with Gasteiger partial charge in [0.15, 0.2) is 11.5 Å². The molecule has 0 radical (unpaired) electrons.